The third kappa shape index (κ3) is 3.72. The number of pyridine rings is 1. The molecule has 0 fully saturated rings. The van der Waals surface area contributed by atoms with Gasteiger partial charge in [0.2, 0.25) is 0 Å². The second-order valence-corrected chi connectivity index (χ2v) is 14.8. The maximum atomic E-state index is 13.6. The van der Waals surface area contributed by atoms with E-state index in [4.69, 9.17) is 4.74 Å². The number of amides is 1. The van der Waals surface area contributed by atoms with Gasteiger partial charge in [-0.1, -0.05) is 37.8 Å². The molecule has 1 aromatic carbocycles. The van der Waals surface area contributed by atoms with Gasteiger partial charge in [-0.25, -0.2) is 4.68 Å². The molecular formula is C24H25N5O2Si. The maximum absolute atomic E-state index is 13.6. The van der Waals surface area contributed by atoms with Gasteiger partial charge in [-0.05, 0) is 30.3 Å². The average molecular weight is 444 g/mol. The van der Waals surface area contributed by atoms with Crippen LogP contribution in [0.2, 0.25) is 25.7 Å². The molecule has 3 aromatic rings. The number of aliphatic imine (C=N–C) groups is 1. The molecule has 162 valence electrons. The summed E-state index contributed by atoms with van der Waals surface area (Å²) in [7, 11) is -1.16. The molecule has 0 radical (unpaired) electrons. The molecular weight excluding hydrogens is 418 g/mol. The number of fused-ring (bicyclic) bond motifs is 3. The Bertz CT molecular complexity index is 1280. The third-order valence-electron chi connectivity index (χ3n) is 5.58. The van der Waals surface area contributed by atoms with Gasteiger partial charge in [0, 0.05) is 38.0 Å². The zero-order valence-corrected chi connectivity index (χ0v) is 19.4. The summed E-state index contributed by atoms with van der Waals surface area (Å²) < 4.78 is 7.69. The monoisotopic (exact) mass is 443 g/mol. The van der Waals surface area contributed by atoms with E-state index in [2.05, 4.69) is 34.7 Å². The minimum Gasteiger partial charge on any atom is -0.360 e. The van der Waals surface area contributed by atoms with Crippen molar-refractivity contribution >= 4 is 30.6 Å². The van der Waals surface area contributed by atoms with Gasteiger partial charge in [0.15, 0.2) is 5.69 Å². The first kappa shape index (κ1) is 20.5. The van der Waals surface area contributed by atoms with Crippen molar-refractivity contribution in [3.63, 3.8) is 0 Å². The summed E-state index contributed by atoms with van der Waals surface area (Å²) in [6.07, 6.45) is 7.14. The lowest BCUT2D eigenvalue weighted by molar-refractivity contribution is 0.0780. The number of carbonyl (C=O) groups is 1. The Kier molecular flexibility index (Phi) is 5.11. The Morgan fingerprint density at radius 3 is 2.62 bits per heavy atom. The topological polar surface area (TPSA) is 72.6 Å². The van der Waals surface area contributed by atoms with E-state index in [1.807, 2.05) is 42.5 Å². The summed E-state index contributed by atoms with van der Waals surface area (Å²) in [6, 6.07) is 12.7. The molecule has 0 spiro atoms. The Hall–Kier alpha value is -3.36. The molecule has 0 saturated heterocycles. The van der Waals surface area contributed by atoms with E-state index in [1.165, 1.54) is 0 Å². The Labute approximate surface area is 187 Å². The second-order valence-electron chi connectivity index (χ2n) is 9.15. The molecule has 0 N–H and O–H groups in total. The zero-order valence-electron chi connectivity index (χ0n) is 18.4. The number of ether oxygens (including phenoxy) is 1. The van der Waals surface area contributed by atoms with Crippen LogP contribution in [0, 0.1) is 0 Å². The number of aromatic nitrogens is 3. The molecule has 2 aliphatic heterocycles. The Morgan fingerprint density at radius 2 is 1.88 bits per heavy atom. The largest absolute Gasteiger partial charge is 0.360 e. The van der Waals surface area contributed by atoms with Crippen LogP contribution in [-0.2, 0) is 11.5 Å². The van der Waals surface area contributed by atoms with Gasteiger partial charge in [0.1, 0.15) is 6.73 Å². The zero-order chi connectivity index (χ0) is 22.3. The van der Waals surface area contributed by atoms with Gasteiger partial charge < -0.3 is 4.74 Å². The van der Waals surface area contributed by atoms with E-state index < -0.39 is 8.07 Å². The maximum Gasteiger partial charge on any atom is 0.284 e. The minimum atomic E-state index is -1.16. The van der Waals surface area contributed by atoms with E-state index >= 15 is 0 Å². The van der Waals surface area contributed by atoms with Gasteiger partial charge in [-0.15, -0.1) is 0 Å². The van der Waals surface area contributed by atoms with Gasteiger partial charge in [-0.2, -0.15) is 5.10 Å². The third-order valence-corrected chi connectivity index (χ3v) is 7.28. The first-order valence-corrected chi connectivity index (χ1v) is 14.4. The lowest BCUT2D eigenvalue weighted by Gasteiger charge is -2.36. The lowest BCUT2D eigenvalue weighted by atomic mass is 9.98. The van der Waals surface area contributed by atoms with Crippen molar-refractivity contribution in [2.24, 2.45) is 4.99 Å². The van der Waals surface area contributed by atoms with Crippen LogP contribution in [0.5, 0.6) is 0 Å². The summed E-state index contributed by atoms with van der Waals surface area (Å²) in [6.45, 7) is 8.01. The van der Waals surface area contributed by atoms with Gasteiger partial charge in [-0.3, -0.25) is 19.7 Å². The van der Waals surface area contributed by atoms with Crippen LogP contribution < -0.4 is 0 Å². The van der Waals surface area contributed by atoms with Crippen LogP contribution in [0.1, 0.15) is 16.1 Å². The Balaban J connectivity index is 1.40. The molecule has 2 aromatic heterocycles. The molecule has 1 amide bonds. The van der Waals surface area contributed by atoms with Crippen molar-refractivity contribution in [2.45, 2.75) is 32.4 Å². The van der Waals surface area contributed by atoms with E-state index in [-0.39, 0.29) is 5.91 Å². The summed E-state index contributed by atoms with van der Waals surface area (Å²) in [4.78, 5) is 23.8. The fraction of sp³-hybridized carbons (Fsp3) is 0.250. The van der Waals surface area contributed by atoms with Crippen LogP contribution in [0.25, 0.3) is 10.9 Å². The number of carbonyl (C=O) groups excluding carboxylic acids is 1. The second kappa shape index (κ2) is 7.96. The summed E-state index contributed by atoms with van der Waals surface area (Å²) >= 11 is 0. The number of hydrogen-bond donors (Lipinski definition) is 0. The molecule has 2 aliphatic rings. The lowest BCUT2D eigenvalue weighted by Crippen LogP contribution is -2.41. The number of benzene rings is 1. The fourth-order valence-corrected chi connectivity index (χ4v) is 4.54. The SMILES string of the molecule is C[Si](C)(C)CCOCn1nc(C(=O)N2c3cnc(-c4ccncc4)c2c3)c2ccccc21. The number of hydrogen-bond acceptors (Lipinski definition) is 5. The van der Waals surface area contributed by atoms with Crippen molar-refractivity contribution in [3.8, 4) is 0 Å². The molecule has 4 heterocycles. The summed E-state index contributed by atoms with van der Waals surface area (Å²) in [5.74, 6) is -0.160. The quantitative estimate of drug-likeness (QED) is 0.400. The average Bonchev–Trinajstić information content (AvgIpc) is 3.15. The molecule has 8 heteroatoms. The van der Waals surface area contributed by atoms with Crippen molar-refractivity contribution in [1.82, 2.24) is 19.7 Å². The van der Waals surface area contributed by atoms with Crippen LogP contribution in [0.4, 0.5) is 0 Å². The molecule has 0 unspecified atom stereocenters. The predicted molar refractivity (Wildman–Crippen MR) is 127 cm³/mol. The van der Waals surface area contributed by atoms with Gasteiger partial charge in [0.25, 0.3) is 5.91 Å². The van der Waals surface area contributed by atoms with E-state index in [1.54, 1.807) is 28.2 Å². The van der Waals surface area contributed by atoms with Gasteiger partial charge >= 0.3 is 0 Å². The number of rotatable bonds is 7. The first-order valence-electron chi connectivity index (χ1n) is 10.7. The molecule has 32 heavy (non-hydrogen) atoms. The Morgan fingerprint density at radius 1 is 1.09 bits per heavy atom. The van der Waals surface area contributed by atoms with Crippen molar-refractivity contribution in [2.75, 3.05) is 6.61 Å². The fourth-order valence-electron chi connectivity index (χ4n) is 3.79. The predicted octanol–water partition coefficient (Wildman–Crippen LogP) is 4.43. The highest BCUT2D eigenvalue weighted by Crippen LogP contribution is 2.36. The van der Waals surface area contributed by atoms with Crippen molar-refractivity contribution in [3.05, 3.63) is 83.7 Å². The number of allylic oxidation sites excluding steroid dienone is 2. The summed E-state index contributed by atoms with van der Waals surface area (Å²) in [5.41, 5.74) is 4.54. The molecule has 0 saturated carbocycles. The molecule has 7 nitrogen and oxygen atoms in total. The number of para-hydroxylation sites is 1. The van der Waals surface area contributed by atoms with Crippen molar-refractivity contribution in [1.29, 1.82) is 0 Å². The van der Waals surface area contributed by atoms with E-state index in [9.17, 15) is 4.79 Å². The van der Waals surface area contributed by atoms with Gasteiger partial charge in [0.05, 0.1) is 28.8 Å². The van der Waals surface area contributed by atoms with Crippen LogP contribution >= 0.6 is 0 Å². The highest BCUT2D eigenvalue weighted by atomic mass is 28.3. The smallest absolute Gasteiger partial charge is 0.284 e. The van der Waals surface area contributed by atoms with E-state index in [0.29, 0.717) is 19.0 Å². The van der Waals surface area contributed by atoms with Crippen molar-refractivity contribution < 1.29 is 9.53 Å². The molecule has 0 atom stereocenters. The van der Waals surface area contributed by atoms with E-state index in [0.717, 1.165) is 39.6 Å². The van der Waals surface area contributed by atoms with Crippen LogP contribution in [0.15, 0.2) is 77.5 Å². The highest BCUT2D eigenvalue weighted by molar-refractivity contribution is 6.76. The standard InChI is InChI=1S/C24H25N5O2Si/c1-32(2,3)13-12-31-16-28-20-7-5-4-6-19(20)23(27-28)24(30)29-18-14-21(29)22(26-15-18)17-8-10-25-11-9-17/h4-11,14-15H,12-13,16H2,1-3H3. The molecule has 2 bridgehead atoms. The van der Waals surface area contributed by atoms with Crippen LogP contribution in [-0.4, -0.2) is 46.0 Å². The molecule has 0 aliphatic carbocycles. The summed E-state index contributed by atoms with van der Waals surface area (Å²) in [5, 5.41) is 5.48. The minimum absolute atomic E-state index is 0.160. The highest BCUT2D eigenvalue weighted by Gasteiger charge is 2.37. The number of nitrogens with zero attached hydrogens (tertiary/aromatic N) is 5. The van der Waals surface area contributed by atoms with Crippen LogP contribution in [0.3, 0.4) is 0 Å². The first-order chi connectivity index (χ1) is 15.4. The molecule has 5 rings (SSSR count). The normalized spacial score (nSPS) is 15.2.